The summed E-state index contributed by atoms with van der Waals surface area (Å²) in [5, 5.41) is 0. The maximum absolute atomic E-state index is 6.80. The van der Waals surface area contributed by atoms with Crippen molar-refractivity contribution < 1.29 is 0 Å². The molecule has 0 aliphatic rings. The van der Waals surface area contributed by atoms with Crippen molar-refractivity contribution in [1.82, 2.24) is 0 Å². The van der Waals surface area contributed by atoms with Crippen LogP contribution in [0.3, 0.4) is 0 Å². The minimum atomic E-state index is -1.39. The predicted octanol–water partition coefficient (Wildman–Crippen LogP) is 6.21. The summed E-state index contributed by atoms with van der Waals surface area (Å²) in [6.45, 7) is 9.17. The molecule has 16 heavy (non-hydrogen) atoms. The van der Waals surface area contributed by atoms with Gasteiger partial charge in [-0.2, -0.15) is 11.1 Å². The van der Waals surface area contributed by atoms with Crippen LogP contribution in [0.5, 0.6) is 0 Å². The molecule has 0 saturated heterocycles. The van der Waals surface area contributed by atoms with E-state index in [0.717, 1.165) is 5.92 Å². The molecule has 0 atom stereocenters. The first kappa shape index (κ1) is 16.5. The first-order valence-corrected chi connectivity index (χ1v) is 10.9. The Hall–Kier alpha value is 0.507. The van der Waals surface area contributed by atoms with Crippen LogP contribution >= 0.6 is 11.1 Å². The molecule has 0 rings (SSSR count). The molecular formula is C14H31ClSi. The van der Waals surface area contributed by atoms with Crippen LogP contribution in [0.4, 0.5) is 0 Å². The summed E-state index contributed by atoms with van der Waals surface area (Å²) in [6, 6.07) is 3.86. The van der Waals surface area contributed by atoms with Crippen LogP contribution in [0.15, 0.2) is 0 Å². The lowest BCUT2D eigenvalue weighted by atomic mass is 9.98. The normalized spacial score (nSPS) is 12.4. The van der Waals surface area contributed by atoms with Crippen LogP contribution < -0.4 is 0 Å². The molecule has 0 aromatic heterocycles. The summed E-state index contributed by atoms with van der Waals surface area (Å²) in [4.78, 5) is 0. The maximum atomic E-state index is 6.80. The van der Waals surface area contributed by atoms with E-state index in [4.69, 9.17) is 11.1 Å². The third kappa shape index (κ3) is 6.96. The van der Waals surface area contributed by atoms with E-state index >= 15 is 0 Å². The van der Waals surface area contributed by atoms with Crippen molar-refractivity contribution >= 4 is 18.5 Å². The van der Waals surface area contributed by atoms with Gasteiger partial charge >= 0.3 is 0 Å². The third-order valence-electron chi connectivity index (χ3n) is 3.85. The molecule has 0 aliphatic heterocycles. The van der Waals surface area contributed by atoms with Crippen LogP contribution in [0.25, 0.3) is 0 Å². The molecule has 0 amide bonds. The Morgan fingerprint density at radius 1 is 0.875 bits per heavy atom. The largest absolute Gasteiger partial charge is 0.167 e. The quantitative estimate of drug-likeness (QED) is 0.324. The van der Waals surface area contributed by atoms with Gasteiger partial charge in [-0.05, 0) is 24.1 Å². The monoisotopic (exact) mass is 262 g/mol. The number of hydrogen-bond donors (Lipinski definition) is 0. The number of rotatable bonds is 10. The van der Waals surface area contributed by atoms with Crippen LogP contribution in [-0.4, -0.2) is 7.38 Å². The van der Waals surface area contributed by atoms with Gasteiger partial charge in [0, 0.05) is 0 Å². The van der Waals surface area contributed by atoms with Gasteiger partial charge in [-0.3, -0.25) is 0 Å². The number of hydrogen-bond acceptors (Lipinski definition) is 0. The smallest absolute Gasteiger partial charge is 0.156 e. The highest BCUT2D eigenvalue weighted by Gasteiger charge is 2.29. The Balaban J connectivity index is 4.15. The van der Waals surface area contributed by atoms with Crippen molar-refractivity contribution in [1.29, 1.82) is 0 Å². The van der Waals surface area contributed by atoms with Crippen LogP contribution in [0.1, 0.15) is 66.2 Å². The summed E-state index contributed by atoms with van der Waals surface area (Å²) >= 11 is 6.80. The lowest BCUT2D eigenvalue weighted by Crippen LogP contribution is -2.28. The van der Waals surface area contributed by atoms with Gasteiger partial charge in [0.1, 0.15) is 0 Å². The minimum Gasteiger partial charge on any atom is -0.167 e. The molecule has 98 valence electrons. The van der Waals surface area contributed by atoms with Crippen LogP contribution in [0, 0.1) is 5.92 Å². The summed E-state index contributed by atoms with van der Waals surface area (Å²) in [7, 11) is -1.39. The summed E-state index contributed by atoms with van der Waals surface area (Å²) < 4.78 is 0. The second-order valence-electron chi connectivity index (χ2n) is 5.21. The highest BCUT2D eigenvalue weighted by Crippen LogP contribution is 2.33. The van der Waals surface area contributed by atoms with Gasteiger partial charge in [0.05, 0.1) is 0 Å². The molecule has 0 aliphatic carbocycles. The fraction of sp³-hybridized carbons (Fsp3) is 1.00. The maximum Gasteiger partial charge on any atom is 0.156 e. The lowest BCUT2D eigenvalue weighted by Gasteiger charge is -2.27. The molecule has 0 bridgehead atoms. The first-order chi connectivity index (χ1) is 7.61. The van der Waals surface area contributed by atoms with Crippen molar-refractivity contribution in [2.45, 2.75) is 84.4 Å². The van der Waals surface area contributed by atoms with Crippen molar-refractivity contribution in [3.63, 3.8) is 0 Å². The Bertz CT molecular complexity index is 147. The Morgan fingerprint density at radius 3 is 1.62 bits per heavy atom. The highest BCUT2D eigenvalue weighted by molar-refractivity contribution is 7.20. The zero-order valence-electron chi connectivity index (χ0n) is 11.8. The van der Waals surface area contributed by atoms with Crippen molar-refractivity contribution in [2.24, 2.45) is 5.92 Å². The standard InChI is InChI=1S/C14H31ClSi/c1-5-9-11-14(12-10-6-2)13-16(15,7-3)8-4/h14H,5-13H2,1-4H3. The fourth-order valence-corrected chi connectivity index (χ4v) is 5.57. The number of unbranched alkanes of at least 4 members (excludes halogenated alkanes) is 2. The zero-order valence-corrected chi connectivity index (χ0v) is 13.6. The molecule has 0 spiro atoms. The van der Waals surface area contributed by atoms with Gasteiger partial charge in [0.15, 0.2) is 7.38 Å². The molecule has 0 fully saturated rings. The lowest BCUT2D eigenvalue weighted by molar-refractivity contribution is 0.450. The molecular weight excluding hydrogens is 232 g/mol. The number of halogens is 1. The van der Waals surface area contributed by atoms with Gasteiger partial charge in [0.2, 0.25) is 0 Å². The van der Waals surface area contributed by atoms with E-state index < -0.39 is 7.38 Å². The Morgan fingerprint density at radius 2 is 1.31 bits per heavy atom. The van der Waals surface area contributed by atoms with Crippen molar-refractivity contribution in [3.05, 3.63) is 0 Å². The first-order valence-electron chi connectivity index (χ1n) is 7.30. The van der Waals surface area contributed by atoms with E-state index in [1.165, 1.54) is 56.7 Å². The topological polar surface area (TPSA) is 0 Å². The second kappa shape index (κ2) is 9.53. The SMILES string of the molecule is CCCCC(CCCC)C[Si](Cl)(CC)CC. The van der Waals surface area contributed by atoms with E-state index in [2.05, 4.69) is 27.7 Å². The van der Waals surface area contributed by atoms with E-state index in [9.17, 15) is 0 Å². The van der Waals surface area contributed by atoms with E-state index in [-0.39, 0.29) is 0 Å². The second-order valence-corrected chi connectivity index (χ2v) is 11.7. The predicted molar refractivity (Wildman–Crippen MR) is 79.9 cm³/mol. The molecule has 0 N–H and O–H groups in total. The third-order valence-corrected chi connectivity index (χ3v) is 9.76. The van der Waals surface area contributed by atoms with E-state index in [1.807, 2.05) is 0 Å². The van der Waals surface area contributed by atoms with E-state index in [0.29, 0.717) is 0 Å². The molecule has 0 unspecified atom stereocenters. The Labute approximate surface area is 109 Å². The van der Waals surface area contributed by atoms with Gasteiger partial charge in [0.25, 0.3) is 0 Å². The minimum absolute atomic E-state index is 0.920. The molecule has 0 radical (unpaired) electrons. The molecule has 2 heteroatoms. The van der Waals surface area contributed by atoms with Gasteiger partial charge in [-0.1, -0.05) is 66.2 Å². The van der Waals surface area contributed by atoms with Gasteiger partial charge in [-0.25, -0.2) is 0 Å². The average Bonchev–Trinajstić information content (AvgIpc) is 2.32. The van der Waals surface area contributed by atoms with Crippen molar-refractivity contribution in [3.8, 4) is 0 Å². The average molecular weight is 263 g/mol. The van der Waals surface area contributed by atoms with E-state index in [1.54, 1.807) is 0 Å². The molecule has 0 aromatic rings. The highest BCUT2D eigenvalue weighted by atomic mass is 35.6. The Kier molecular flexibility index (Phi) is 9.83. The summed E-state index contributed by atoms with van der Waals surface area (Å²) in [5.74, 6) is 0.920. The van der Waals surface area contributed by atoms with Gasteiger partial charge < -0.3 is 0 Å². The van der Waals surface area contributed by atoms with Crippen molar-refractivity contribution in [2.75, 3.05) is 0 Å². The zero-order chi connectivity index (χ0) is 12.4. The molecule has 0 heterocycles. The van der Waals surface area contributed by atoms with Gasteiger partial charge in [-0.15, -0.1) is 0 Å². The molecule has 0 saturated carbocycles. The fourth-order valence-electron chi connectivity index (χ4n) is 2.39. The summed E-state index contributed by atoms with van der Waals surface area (Å²) in [5.41, 5.74) is 0. The van der Waals surface area contributed by atoms with Crippen LogP contribution in [-0.2, 0) is 0 Å². The van der Waals surface area contributed by atoms with Crippen LogP contribution in [0.2, 0.25) is 18.1 Å². The molecule has 0 aromatic carbocycles. The molecule has 0 nitrogen and oxygen atoms in total. The summed E-state index contributed by atoms with van der Waals surface area (Å²) in [6.07, 6.45) is 8.28.